The molecule has 1 heterocycles. The molecule has 1 amide bonds. The molecule has 6 nitrogen and oxygen atoms in total. The van der Waals surface area contributed by atoms with E-state index in [-0.39, 0.29) is 17.9 Å². The first-order chi connectivity index (χ1) is 7.85. The molecule has 0 aromatic heterocycles. The van der Waals surface area contributed by atoms with Crippen molar-refractivity contribution in [1.82, 2.24) is 4.90 Å². The van der Waals surface area contributed by atoms with E-state index in [9.17, 15) is 18.0 Å². The fourth-order valence-corrected chi connectivity index (χ4v) is 3.56. The van der Waals surface area contributed by atoms with Gasteiger partial charge in [-0.05, 0) is 6.42 Å². The van der Waals surface area contributed by atoms with Crippen molar-refractivity contribution in [3.63, 3.8) is 0 Å². The monoisotopic (exact) mass is 261 g/mol. The van der Waals surface area contributed by atoms with Gasteiger partial charge in [0.1, 0.15) is 6.54 Å². The molecule has 17 heavy (non-hydrogen) atoms. The molecule has 1 fully saturated rings. The molecule has 1 saturated heterocycles. The zero-order valence-electron chi connectivity index (χ0n) is 9.33. The summed E-state index contributed by atoms with van der Waals surface area (Å²) < 4.78 is 22.6. The molecule has 1 unspecified atom stereocenters. The fourth-order valence-electron chi connectivity index (χ4n) is 1.83. The lowest BCUT2D eigenvalue weighted by molar-refractivity contribution is -0.145. The number of nitrogens with zero attached hydrogens (tertiary/aromatic N) is 1. The Morgan fingerprint density at radius 2 is 2.12 bits per heavy atom. The zero-order valence-corrected chi connectivity index (χ0v) is 10.1. The van der Waals surface area contributed by atoms with Gasteiger partial charge in [-0.2, -0.15) is 0 Å². The molecule has 1 N–H and O–H groups in total. The number of sulfone groups is 1. The number of amides is 1. The van der Waals surface area contributed by atoms with Crippen LogP contribution in [-0.2, 0) is 19.4 Å². The summed E-state index contributed by atoms with van der Waals surface area (Å²) in [6.07, 6.45) is 1.70. The van der Waals surface area contributed by atoms with Gasteiger partial charge in [-0.1, -0.05) is 6.08 Å². The smallest absolute Gasteiger partial charge is 0.323 e. The summed E-state index contributed by atoms with van der Waals surface area (Å²) >= 11 is 0. The summed E-state index contributed by atoms with van der Waals surface area (Å²) in [5.41, 5.74) is 0. The maximum absolute atomic E-state index is 11.7. The Morgan fingerprint density at radius 1 is 1.47 bits per heavy atom. The minimum absolute atomic E-state index is 0.00908. The van der Waals surface area contributed by atoms with Gasteiger partial charge in [-0.15, -0.1) is 6.58 Å². The molecule has 0 aromatic carbocycles. The second-order valence-corrected chi connectivity index (χ2v) is 6.19. The van der Waals surface area contributed by atoms with Crippen LogP contribution in [0.15, 0.2) is 12.7 Å². The Labute approximate surface area is 99.8 Å². The first-order valence-corrected chi connectivity index (χ1v) is 7.00. The quantitative estimate of drug-likeness (QED) is 0.684. The van der Waals surface area contributed by atoms with Crippen molar-refractivity contribution in [3.8, 4) is 0 Å². The van der Waals surface area contributed by atoms with E-state index in [1.807, 2.05) is 0 Å². The number of carbonyl (C=O) groups is 2. The van der Waals surface area contributed by atoms with E-state index >= 15 is 0 Å². The van der Waals surface area contributed by atoms with Crippen LogP contribution in [0.2, 0.25) is 0 Å². The minimum atomic E-state index is -3.14. The van der Waals surface area contributed by atoms with Crippen LogP contribution in [0.25, 0.3) is 0 Å². The molecule has 1 atom stereocenters. The lowest BCUT2D eigenvalue weighted by atomic mass is 10.2. The lowest BCUT2D eigenvalue weighted by Gasteiger charge is -2.26. The molecule has 1 aliphatic heterocycles. The minimum Gasteiger partial charge on any atom is -0.480 e. The number of carboxylic acid groups (broad SMARTS) is 1. The van der Waals surface area contributed by atoms with Crippen LogP contribution < -0.4 is 0 Å². The van der Waals surface area contributed by atoms with Crippen molar-refractivity contribution < 1.29 is 23.1 Å². The topological polar surface area (TPSA) is 91.8 Å². The van der Waals surface area contributed by atoms with E-state index in [0.29, 0.717) is 6.42 Å². The van der Waals surface area contributed by atoms with Crippen molar-refractivity contribution >= 4 is 21.7 Å². The average molecular weight is 261 g/mol. The number of aliphatic carboxylic acids is 1. The summed E-state index contributed by atoms with van der Waals surface area (Å²) in [4.78, 5) is 23.5. The van der Waals surface area contributed by atoms with Crippen LogP contribution in [-0.4, -0.2) is 54.4 Å². The van der Waals surface area contributed by atoms with Crippen molar-refractivity contribution in [2.24, 2.45) is 0 Å². The Morgan fingerprint density at radius 3 is 2.53 bits per heavy atom. The maximum Gasteiger partial charge on any atom is 0.323 e. The highest BCUT2D eigenvalue weighted by atomic mass is 32.2. The van der Waals surface area contributed by atoms with E-state index < -0.39 is 34.3 Å². The summed E-state index contributed by atoms with van der Waals surface area (Å²) in [5, 5.41) is 8.72. The van der Waals surface area contributed by atoms with E-state index in [1.165, 1.54) is 6.08 Å². The third-order valence-corrected chi connectivity index (χ3v) is 4.34. The first kappa shape index (κ1) is 13.7. The van der Waals surface area contributed by atoms with Crippen LogP contribution in [0.4, 0.5) is 0 Å². The van der Waals surface area contributed by atoms with E-state index in [0.717, 1.165) is 4.90 Å². The number of carbonyl (C=O) groups excluding carboxylic acids is 1. The molecule has 0 bridgehead atoms. The molecule has 0 aliphatic carbocycles. The van der Waals surface area contributed by atoms with Gasteiger partial charge in [-0.25, -0.2) is 8.42 Å². The number of carboxylic acids is 1. The molecule has 0 aromatic rings. The maximum atomic E-state index is 11.7. The normalized spacial score (nSPS) is 22.0. The summed E-state index contributed by atoms with van der Waals surface area (Å²) in [6.45, 7) is 2.94. The predicted octanol–water partition coefficient (Wildman–Crippen LogP) is -0.337. The Kier molecular flexibility index (Phi) is 4.28. The average Bonchev–Trinajstić information content (AvgIpc) is 2.55. The van der Waals surface area contributed by atoms with Gasteiger partial charge in [-0.3, -0.25) is 9.59 Å². The van der Waals surface area contributed by atoms with Crippen LogP contribution in [0.5, 0.6) is 0 Å². The van der Waals surface area contributed by atoms with E-state index in [1.54, 1.807) is 0 Å². The molecule has 0 radical (unpaired) electrons. The van der Waals surface area contributed by atoms with Crippen molar-refractivity contribution in [3.05, 3.63) is 12.7 Å². The van der Waals surface area contributed by atoms with E-state index in [2.05, 4.69) is 6.58 Å². The fraction of sp³-hybridized carbons (Fsp3) is 0.600. The second kappa shape index (κ2) is 5.31. The molecule has 1 rings (SSSR count). The molecular formula is C10H15NO5S. The van der Waals surface area contributed by atoms with Gasteiger partial charge in [0, 0.05) is 12.5 Å². The Hall–Kier alpha value is -1.37. The number of hydrogen-bond donors (Lipinski definition) is 1. The highest BCUT2D eigenvalue weighted by molar-refractivity contribution is 7.91. The van der Waals surface area contributed by atoms with Crippen LogP contribution >= 0.6 is 0 Å². The predicted molar refractivity (Wildman–Crippen MR) is 61.2 cm³/mol. The third-order valence-electron chi connectivity index (χ3n) is 2.59. The highest BCUT2D eigenvalue weighted by Crippen LogP contribution is 2.18. The van der Waals surface area contributed by atoms with Gasteiger partial charge in [0.15, 0.2) is 9.84 Å². The standard InChI is InChI=1S/C10H15NO5S/c1-2-3-9(12)11(6-10(13)14)8-4-5-17(15,16)7-8/h2,8H,1,3-7H2,(H,13,14). The summed E-state index contributed by atoms with van der Waals surface area (Å²) in [7, 11) is -3.14. The number of rotatable bonds is 5. The van der Waals surface area contributed by atoms with Crippen LogP contribution in [0.1, 0.15) is 12.8 Å². The SMILES string of the molecule is C=CCC(=O)N(CC(=O)O)C1CCS(=O)(=O)C1. The number of hydrogen-bond acceptors (Lipinski definition) is 4. The van der Waals surface area contributed by atoms with Gasteiger partial charge in [0.2, 0.25) is 5.91 Å². The highest BCUT2D eigenvalue weighted by Gasteiger charge is 2.35. The Balaban J connectivity index is 2.80. The van der Waals surface area contributed by atoms with E-state index in [4.69, 9.17) is 5.11 Å². The van der Waals surface area contributed by atoms with Gasteiger partial charge >= 0.3 is 5.97 Å². The Bertz CT molecular complexity index is 428. The zero-order chi connectivity index (χ0) is 13.1. The summed E-state index contributed by atoms with van der Waals surface area (Å²) in [6, 6.07) is -0.524. The van der Waals surface area contributed by atoms with Crippen LogP contribution in [0.3, 0.4) is 0 Å². The van der Waals surface area contributed by atoms with Crippen molar-refractivity contribution in [2.45, 2.75) is 18.9 Å². The molecule has 7 heteroatoms. The summed E-state index contributed by atoms with van der Waals surface area (Å²) in [5.74, 6) is -1.69. The lowest BCUT2D eigenvalue weighted by Crippen LogP contribution is -2.43. The largest absolute Gasteiger partial charge is 0.480 e. The second-order valence-electron chi connectivity index (χ2n) is 3.97. The van der Waals surface area contributed by atoms with Gasteiger partial charge in [0.25, 0.3) is 0 Å². The molecular weight excluding hydrogens is 246 g/mol. The molecule has 0 spiro atoms. The van der Waals surface area contributed by atoms with Crippen molar-refractivity contribution in [1.29, 1.82) is 0 Å². The molecule has 96 valence electrons. The van der Waals surface area contributed by atoms with Crippen molar-refractivity contribution in [2.75, 3.05) is 18.1 Å². The molecule has 0 saturated carbocycles. The van der Waals surface area contributed by atoms with Gasteiger partial charge in [0.05, 0.1) is 11.5 Å². The first-order valence-electron chi connectivity index (χ1n) is 5.18. The third kappa shape index (κ3) is 3.85. The molecule has 1 aliphatic rings. The van der Waals surface area contributed by atoms with Gasteiger partial charge < -0.3 is 10.0 Å². The van der Waals surface area contributed by atoms with Crippen LogP contribution in [0, 0.1) is 0 Å².